The zero-order valence-electron chi connectivity index (χ0n) is 12.0. The molecular formula is C17H23N3. The Morgan fingerprint density at radius 2 is 2.00 bits per heavy atom. The molecule has 0 saturated heterocycles. The van der Waals surface area contributed by atoms with Gasteiger partial charge in [0.05, 0.1) is 5.69 Å². The molecule has 20 heavy (non-hydrogen) atoms. The van der Waals surface area contributed by atoms with Gasteiger partial charge in [0.1, 0.15) is 5.82 Å². The fourth-order valence-electron chi connectivity index (χ4n) is 3.08. The van der Waals surface area contributed by atoms with Gasteiger partial charge in [-0.25, -0.2) is 4.98 Å². The molecule has 3 rings (SSSR count). The van der Waals surface area contributed by atoms with Crippen molar-refractivity contribution in [3.63, 3.8) is 0 Å². The topological polar surface area (TPSA) is 43.8 Å². The van der Waals surface area contributed by atoms with Crippen LogP contribution in [0.1, 0.15) is 42.0 Å². The number of fused-ring (bicyclic) bond motifs is 1. The maximum atomic E-state index is 5.65. The maximum Gasteiger partial charge on any atom is 0.113 e. The number of nitrogens with two attached hydrogens (primary N) is 1. The molecule has 0 unspecified atom stereocenters. The molecule has 0 aliphatic carbocycles. The van der Waals surface area contributed by atoms with Crippen LogP contribution in [0.5, 0.6) is 0 Å². The van der Waals surface area contributed by atoms with Gasteiger partial charge < -0.3 is 10.3 Å². The van der Waals surface area contributed by atoms with E-state index >= 15 is 0 Å². The second-order valence-corrected chi connectivity index (χ2v) is 5.58. The summed E-state index contributed by atoms with van der Waals surface area (Å²) in [5.41, 5.74) is 9.75. The summed E-state index contributed by atoms with van der Waals surface area (Å²) in [6.07, 6.45) is 6.77. The number of hydrogen-bond acceptors (Lipinski definition) is 2. The van der Waals surface area contributed by atoms with Gasteiger partial charge in [0.25, 0.3) is 0 Å². The molecule has 1 aliphatic heterocycles. The van der Waals surface area contributed by atoms with E-state index in [-0.39, 0.29) is 0 Å². The van der Waals surface area contributed by atoms with Crippen LogP contribution in [0.4, 0.5) is 0 Å². The van der Waals surface area contributed by atoms with Crippen molar-refractivity contribution in [1.29, 1.82) is 0 Å². The molecule has 2 heterocycles. The number of benzene rings is 1. The maximum absolute atomic E-state index is 5.65. The fraction of sp³-hybridized carbons (Fsp3) is 0.471. The molecule has 2 N–H and O–H groups in total. The van der Waals surface area contributed by atoms with Crippen molar-refractivity contribution < 1.29 is 0 Å². The molecule has 1 aromatic carbocycles. The first-order valence-electron chi connectivity index (χ1n) is 7.69. The van der Waals surface area contributed by atoms with Crippen LogP contribution in [0.3, 0.4) is 0 Å². The summed E-state index contributed by atoms with van der Waals surface area (Å²) in [7, 11) is 0. The fourth-order valence-corrected chi connectivity index (χ4v) is 3.08. The first kappa shape index (κ1) is 13.4. The number of aryl methyl sites for hydroxylation is 1. The Balaban J connectivity index is 1.88. The first-order chi connectivity index (χ1) is 9.88. The molecular weight excluding hydrogens is 246 g/mol. The molecule has 1 aliphatic rings. The number of rotatable bonds is 5. The average Bonchev–Trinajstić information content (AvgIpc) is 2.85. The van der Waals surface area contributed by atoms with E-state index in [9.17, 15) is 0 Å². The monoisotopic (exact) mass is 269 g/mol. The normalized spacial score (nSPS) is 14.2. The van der Waals surface area contributed by atoms with Crippen LogP contribution in [0.25, 0.3) is 0 Å². The van der Waals surface area contributed by atoms with Crippen LogP contribution < -0.4 is 5.73 Å². The van der Waals surface area contributed by atoms with Crippen molar-refractivity contribution in [3.8, 4) is 0 Å². The third-order valence-corrected chi connectivity index (χ3v) is 4.10. The van der Waals surface area contributed by atoms with Crippen molar-refractivity contribution in [2.24, 2.45) is 5.73 Å². The van der Waals surface area contributed by atoms with Crippen molar-refractivity contribution in [1.82, 2.24) is 9.55 Å². The quantitative estimate of drug-likeness (QED) is 0.907. The lowest BCUT2D eigenvalue weighted by Gasteiger charge is -2.17. The van der Waals surface area contributed by atoms with Gasteiger partial charge in [-0.1, -0.05) is 30.3 Å². The van der Waals surface area contributed by atoms with E-state index in [0.717, 1.165) is 32.4 Å². The Morgan fingerprint density at radius 3 is 2.80 bits per heavy atom. The molecule has 0 bridgehead atoms. The first-order valence-corrected chi connectivity index (χ1v) is 7.69. The van der Waals surface area contributed by atoms with Crippen molar-refractivity contribution in [2.45, 2.75) is 45.1 Å². The molecule has 1 aromatic heterocycles. The smallest absolute Gasteiger partial charge is 0.113 e. The third-order valence-electron chi connectivity index (χ3n) is 4.10. The highest BCUT2D eigenvalue weighted by Gasteiger charge is 2.19. The van der Waals surface area contributed by atoms with Gasteiger partial charge in [-0.3, -0.25) is 0 Å². The van der Waals surface area contributed by atoms with E-state index in [1.165, 1.54) is 42.0 Å². The molecule has 0 atom stereocenters. The van der Waals surface area contributed by atoms with E-state index in [4.69, 9.17) is 10.7 Å². The minimum atomic E-state index is 0.750. The van der Waals surface area contributed by atoms with E-state index in [0.29, 0.717) is 0 Å². The molecule has 2 aromatic rings. The summed E-state index contributed by atoms with van der Waals surface area (Å²) in [6.45, 7) is 1.88. The molecule has 106 valence electrons. The number of imidazole rings is 1. The standard InChI is InChI=1S/C17H23N3/c18-11-6-9-15-16-10-4-5-12-20(16)17(19-15)13-14-7-2-1-3-8-14/h1-3,7-8H,4-6,9-13,18H2. The highest BCUT2D eigenvalue weighted by molar-refractivity contribution is 5.25. The van der Waals surface area contributed by atoms with Crippen LogP contribution in [-0.4, -0.2) is 16.1 Å². The van der Waals surface area contributed by atoms with E-state index in [2.05, 4.69) is 34.9 Å². The summed E-state index contributed by atoms with van der Waals surface area (Å²) < 4.78 is 2.46. The molecule has 3 heteroatoms. The highest BCUT2D eigenvalue weighted by Crippen LogP contribution is 2.23. The van der Waals surface area contributed by atoms with Crippen molar-refractivity contribution in [3.05, 3.63) is 53.1 Å². The summed E-state index contributed by atoms with van der Waals surface area (Å²) in [5.74, 6) is 1.23. The van der Waals surface area contributed by atoms with Gasteiger partial charge in [-0.2, -0.15) is 0 Å². The molecule has 0 spiro atoms. The lowest BCUT2D eigenvalue weighted by molar-refractivity contribution is 0.515. The summed E-state index contributed by atoms with van der Waals surface area (Å²) in [5, 5.41) is 0. The van der Waals surface area contributed by atoms with Gasteiger partial charge in [0, 0.05) is 18.7 Å². The lowest BCUT2D eigenvalue weighted by atomic mass is 10.1. The zero-order valence-corrected chi connectivity index (χ0v) is 12.0. The molecule has 0 saturated carbocycles. The van der Waals surface area contributed by atoms with Crippen LogP contribution in [0.2, 0.25) is 0 Å². The second-order valence-electron chi connectivity index (χ2n) is 5.58. The van der Waals surface area contributed by atoms with Gasteiger partial charge in [0.15, 0.2) is 0 Å². The van der Waals surface area contributed by atoms with Gasteiger partial charge >= 0.3 is 0 Å². The predicted molar refractivity (Wildman–Crippen MR) is 81.8 cm³/mol. The van der Waals surface area contributed by atoms with Gasteiger partial charge in [0.2, 0.25) is 0 Å². The van der Waals surface area contributed by atoms with E-state index < -0.39 is 0 Å². The van der Waals surface area contributed by atoms with Crippen LogP contribution >= 0.6 is 0 Å². The Kier molecular flexibility index (Phi) is 4.16. The minimum absolute atomic E-state index is 0.750. The Hall–Kier alpha value is -1.61. The van der Waals surface area contributed by atoms with Crippen molar-refractivity contribution >= 4 is 0 Å². The summed E-state index contributed by atoms with van der Waals surface area (Å²) in [6, 6.07) is 10.6. The number of hydrogen-bond donors (Lipinski definition) is 1. The Bertz CT molecular complexity index is 557. The SMILES string of the molecule is NCCCc1nc(Cc2ccccc2)n2c1CCCC2. The zero-order chi connectivity index (χ0) is 13.8. The third kappa shape index (κ3) is 2.78. The molecule has 0 fully saturated rings. The van der Waals surface area contributed by atoms with Gasteiger partial charge in [-0.15, -0.1) is 0 Å². The van der Waals surface area contributed by atoms with E-state index in [1.807, 2.05) is 0 Å². The average molecular weight is 269 g/mol. The Labute approximate surface area is 120 Å². The van der Waals surface area contributed by atoms with Crippen molar-refractivity contribution in [2.75, 3.05) is 6.54 Å². The molecule has 3 nitrogen and oxygen atoms in total. The summed E-state index contributed by atoms with van der Waals surface area (Å²) in [4.78, 5) is 4.93. The molecule has 0 amide bonds. The van der Waals surface area contributed by atoms with Crippen LogP contribution in [0.15, 0.2) is 30.3 Å². The van der Waals surface area contributed by atoms with Crippen LogP contribution in [0, 0.1) is 0 Å². The highest BCUT2D eigenvalue weighted by atomic mass is 15.1. The van der Waals surface area contributed by atoms with Gasteiger partial charge in [-0.05, 0) is 44.2 Å². The lowest BCUT2D eigenvalue weighted by Crippen LogP contribution is -2.14. The number of nitrogens with zero attached hydrogens (tertiary/aromatic N) is 2. The predicted octanol–water partition coefficient (Wildman–Crippen LogP) is 2.70. The second kappa shape index (κ2) is 6.23. The summed E-state index contributed by atoms with van der Waals surface area (Å²) >= 11 is 0. The Morgan fingerprint density at radius 1 is 1.15 bits per heavy atom. The van der Waals surface area contributed by atoms with E-state index in [1.54, 1.807) is 0 Å². The minimum Gasteiger partial charge on any atom is -0.331 e. The van der Waals surface area contributed by atoms with Crippen LogP contribution in [-0.2, 0) is 25.8 Å². The largest absolute Gasteiger partial charge is 0.331 e. The molecule has 0 radical (unpaired) electrons. The number of aromatic nitrogens is 2.